The number of amides is 1. The van der Waals surface area contributed by atoms with Crippen molar-refractivity contribution >= 4 is 27.5 Å². The van der Waals surface area contributed by atoms with Crippen LogP contribution in [0.5, 0.6) is 5.75 Å². The summed E-state index contributed by atoms with van der Waals surface area (Å²) in [5.41, 5.74) is 7.77. The molecule has 2 aromatic rings. The van der Waals surface area contributed by atoms with E-state index in [0.717, 1.165) is 10.0 Å². The summed E-state index contributed by atoms with van der Waals surface area (Å²) in [7, 11) is 1.54. The smallest absolute Gasteiger partial charge is 0.251 e. The monoisotopic (exact) mass is 348 g/mol. The highest BCUT2D eigenvalue weighted by Crippen LogP contribution is 2.20. The Labute approximate surface area is 132 Å². The molecule has 0 aliphatic heterocycles. The molecule has 0 saturated heterocycles. The Bertz CT molecular complexity index is 641. The first kappa shape index (κ1) is 15.4. The summed E-state index contributed by atoms with van der Waals surface area (Å²) < 4.78 is 6.13. The Morgan fingerprint density at radius 1 is 1.24 bits per heavy atom. The molecule has 0 heterocycles. The number of carbonyl (C=O) groups is 1. The summed E-state index contributed by atoms with van der Waals surface area (Å²) in [6, 6.07) is 12.7. The molecule has 0 unspecified atom stereocenters. The van der Waals surface area contributed by atoms with Crippen LogP contribution in [-0.4, -0.2) is 13.0 Å². The first-order valence-corrected chi connectivity index (χ1v) is 7.30. The van der Waals surface area contributed by atoms with Crippen LogP contribution in [0, 0.1) is 0 Å². The number of carbonyl (C=O) groups excluding carboxylic acids is 1. The van der Waals surface area contributed by atoms with Gasteiger partial charge in [-0.1, -0.05) is 28.1 Å². The van der Waals surface area contributed by atoms with Crippen molar-refractivity contribution in [1.82, 2.24) is 5.32 Å². The molecular formula is C16H17BrN2O2. The van der Waals surface area contributed by atoms with Crippen molar-refractivity contribution in [3.63, 3.8) is 0 Å². The molecule has 0 bridgehead atoms. The van der Waals surface area contributed by atoms with E-state index >= 15 is 0 Å². The Kier molecular flexibility index (Phi) is 4.85. The highest BCUT2D eigenvalue weighted by Gasteiger charge is 2.13. The third kappa shape index (κ3) is 3.98. The van der Waals surface area contributed by atoms with Crippen molar-refractivity contribution < 1.29 is 9.53 Å². The predicted octanol–water partition coefficient (Wildman–Crippen LogP) is 3.53. The van der Waals surface area contributed by atoms with Crippen molar-refractivity contribution in [3.05, 3.63) is 58.1 Å². The van der Waals surface area contributed by atoms with E-state index in [-0.39, 0.29) is 11.9 Å². The fraction of sp³-hybridized carbons (Fsp3) is 0.188. The summed E-state index contributed by atoms with van der Waals surface area (Å²) in [6.45, 7) is 1.94. The van der Waals surface area contributed by atoms with E-state index in [1.807, 2.05) is 31.2 Å². The standard InChI is InChI=1S/C16H17BrN2O2/c1-10(11-3-5-13(17)6-4-11)19-16(20)12-7-14(18)9-15(8-12)21-2/h3-10H,18H2,1-2H3,(H,19,20)/t10-/m1/s1. The van der Waals surface area contributed by atoms with Gasteiger partial charge < -0.3 is 15.8 Å². The molecule has 0 aliphatic rings. The number of rotatable bonds is 4. The normalized spacial score (nSPS) is 11.8. The highest BCUT2D eigenvalue weighted by molar-refractivity contribution is 9.10. The number of nitrogens with two attached hydrogens (primary N) is 1. The fourth-order valence-electron chi connectivity index (χ4n) is 1.99. The van der Waals surface area contributed by atoms with Crippen molar-refractivity contribution in [2.24, 2.45) is 0 Å². The second kappa shape index (κ2) is 6.63. The molecule has 0 aliphatic carbocycles. The lowest BCUT2D eigenvalue weighted by Gasteiger charge is -2.15. The number of hydrogen-bond acceptors (Lipinski definition) is 3. The van der Waals surface area contributed by atoms with Crippen LogP contribution in [0.4, 0.5) is 5.69 Å². The molecule has 0 saturated carbocycles. The van der Waals surface area contributed by atoms with Gasteiger partial charge in [0.2, 0.25) is 0 Å². The van der Waals surface area contributed by atoms with Gasteiger partial charge in [-0.25, -0.2) is 0 Å². The Hall–Kier alpha value is -2.01. The molecule has 2 rings (SSSR count). The van der Waals surface area contributed by atoms with Crippen LogP contribution in [0.2, 0.25) is 0 Å². The number of halogens is 1. The summed E-state index contributed by atoms with van der Waals surface area (Å²) in [5.74, 6) is 0.382. The average Bonchev–Trinajstić information content (AvgIpc) is 2.47. The number of ether oxygens (including phenoxy) is 1. The van der Waals surface area contributed by atoms with Gasteiger partial charge in [0.25, 0.3) is 5.91 Å². The van der Waals surface area contributed by atoms with Crippen LogP contribution in [0.25, 0.3) is 0 Å². The zero-order valence-corrected chi connectivity index (χ0v) is 13.5. The molecule has 0 spiro atoms. The Balaban J connectivity index is 2.13. The Morgan fingerprint density at radius 3 is 2.52 bits per heavy atom. The third-order valence-corrected chi connectivity index (χ3v) is 3.67. The van der Waals surface area contributed by atoms with Gasteiger partial charge >= 0.3 is 0 Å². The molecule has 0 fully saturated rings. The second-order valence-electron chi connectivity index (χ2n) is 4.74. The predicted molar refractivity (Wildman–Crippen MR) is 87.4 cm³/mol. The topological polar surface area (TPSA) is 64.3 Å². The highest BCUT2D eigenvalue weighted by atomic mass is 79.9. The molecule has 2 aromatic carbocycles. The summed E-state index contributed by atoms with van der Waals surface area (Å²) in [5, 5.41) is 2.95. The van der Waals surface area contributed by atoms with E-state index in [9.17, 15) is 4.79 Å². The molecule has 0 aromatic heterocycles. The van der Waals surface area contributed by atoms with Crippen molar-refractivity contribution in [2.45, 2.75) is 13.0 Å². The van der Waals surface area contributed by atoms with Gasteiger partial charge in [-0.3, -0.25) is 4.79 Å². The third-order valence-electron chi connectivity index (χ3n) is 3.14. The van der Waals surface area contributed by atoms with E-state index in [2.05, 4.69) is 21.2 Å². The van der Waals surface area contributed by atoms with Gasteiger partial charge in [-0.05, 0) is 36.8 Å². The van der Waals surface area contributed by atoms with Gasteiger partial charge in [0.15, 0.2) is 0 Å². The minimum Gasteiger partial charge on any atom is -0.497 e. The van der Waals surface area contributed by atoms with Crippen LogP contribution < -0.4 is 15.8 Å². The molecule has 0 radical (unpaired) electrons. The maximum absolute atomic E-state index is 12.3. The lowest BCUT2D eigenvalue weighted by Crippen LogP contribution is -2.26. The van der Waals surface area contributed by atoms with Crippen LogP contribution in [0.3, 0.4) is 0 Å². The summed E-state index contributed by atoms with van der Waals surface area (Å²) >= 11 is 3.39. The van der Waals surface area contributed by atoms with E-state index in [1.165, 1.54) is 0 Å². The fourth-order valence-corrected chi connectivity index (χ4v) is 2.25. The molecule has 1 atom stereocenters. The van der Waals surface area contributed by atoms with E-state index in [4.69, 9.17) is 10.5 Å². The number of benzene rings is 2. The zero-order chi connectivity index (χ0) is 15.4. The SMILES string of the molecule is COc1cc(N)cc(C(=O)N[C@H](C)c2ccc(Br)cc2)c1. The van der Waals surface area contributed by atoms with Crippen LogP contribution in [0.1, 0.15) is 28.9 Å². The molecule has 5 heteroatoms. The quantitative estimate of drug-likeness (QED) is 0.830. The molecular weight excluding hydrogens is 332 g/mol. The van der Waals surface area contributed by atoms with Gasteiger partial charge in [-0.15, -0.1) is 0 Å². The molecule has 110 valence electrons. The van der Waals surface area contributed by atoms with Crippen LogP contribution in [0.15, 0.2) is 46.9 Å². The lowest BCUT2D eigenvalue weighted by atomic mass is 10.1. The average molecular weight is 349 g/mol. The minimum absolute atomic E-state index is 0.0991. The molecule has 4 nitrogen and oxygen atoms in total. The lowest BCUT2D eigenvalue weighted by molar-refractivity contribution is 0.0939. The number of methoxy groups -OCH3 is 1. The van der Waals surface area contributed by atoms with Gasteiger partial charge in [-0.2, -0.15) is 0 Å². The minimum atomic E-state index is -0.184. The van der Waals surface area contributed by atoms with Crippen LogP contribution in [-0.2, 0) is 0 Å². The largest absolute Gasteiger partial charge is 0.497 e. The second-order valence-corrected chi connectivity index (χ2v) is 5.66. The maximum atomic E-state index is 12.3. The number of hydrogen-bond donors (Lipinski definition) is 2. The first-order chi connectivity index (χ1) is 9.99. The molecule has 1 amide bonds. The van der Waals surface area contributed by atoms with Crippen molar-refractivity contribution in [3.8, 4) is 5.75 Å². The summed E-state index contributed by atoms with van der Waals surface area (Å²) in [4.78, 5) is 12.3. The first-order valence-electron chi connectivity index (χ1n) is 6.50. The number of nitrogen functional groups attached to an aromatic ring is 1. The Morgan fingerprint density at radius 2 is 1.90 bits per heavy atom. The maximum Gasteiger partial charge on any atom is 0.251 e. The van der Waals surface area contributed by atoms with E-state index in [0.29, 0.717) is 17.0 Å². The van der Waals surface area contributed by atoms with Gasteiger partial charge in [0, 0.05) is 21.8 Å². The number of anilines is 1. The molecule has 3 N–H and O–H groups in total. The number of nitrogens with one attached hydrogen (secondary N) is 1. The summed E-state index contributed by atoms with van der Waals surface area (Å²) in [6.07, 6.45) is 0. The van der Waals surface area contributed by atoms with Gasteiger partial charge in [0.05, 0.1) is 13.2 Å². The van der Waals surface area contributed by atoms with Crippen molar-refractivity contribution in [2.75, 3.05) is 12.8 Å². The van der Waals surface area contributed by atoms with Gasteiger partial charge in [0.1, 0.15) is 5.75 Å². The van der Waals surface area contributed by atoms with Crippen LogP contribution >= 0.6 is 15.9 Å². The van der Waals surface area contributed by atoms with Crippen molar-refractivity contribution in [1.29, 1.82) is 0 Å². The van der Waals surface area contributed by atoms with E-state index < -0.39 is 0 Å². The zero-order valence-electron chi connectivity index (χ0n) is 11.9. The van der Waals surface area contributed by atoms with E-state index in [1.54, 1.807) is 25.3 Å². The molecule has 21 heavy (non-hydrogen) atoms.